The Labute approximate surface area is 114 Å². The van der Waals surface area contributed by atoms with Gasteiger partial charge in [-0.3, -0.25) is 0 Å². The van der Waals surface area contributed by atoms with E-state index < -0.39 is 0 Å². The first-order valence-corrected chi connectivity index (χ1v) is 6.95. The molecule has 1 aliphatic rings. The maximum Gasteiger partial charge on any atom is 0.0408 e. The third-order valence-corrected chi connectivity index (χ3v) is 4.12. The van der Waals surface area contributed by atoms with Gasteiger partial charge in [-0.1, -0.05) is 54.9 Å². The lowest BCUT2D eigenvalue weighted by atomic mass is 9.75. The molecule has 0 spiro atoms. The highest BCUT2D eigenvalue weighted by atomic mass is 35.5. The Morgan fingerprint density at radius 1 is 1.06 bits per heavy atom. The molecule has 0 nitrogen and oxygen atoms in total. The van der Waals surface area contributed by atoms with Crippen molar-refractivity contribution in [3.8, 4) is 0 Å². The van der Waals surface area contributed by atoms with Crippen LogP contribution in [0, 0.1) is 5.92 Å². The van der Waals surface area contributed by atoms with Crippen molar-refractivity contribution in [3.63, 3.8) is 0 Å². The molecule has 0 aromatic heterocycles. The third-order valence-electron chi connectivity index (χ3n) is 3.89. The molecule has 0 radical (unpaired) electrons. The predicted molar refractivity (Wildman–Crippen MR) is 77.2 cm³/mol. The normalized spacial score (nSPS) is 22.6. The van der Waals surface area contributed by atoms with E-state index in [2.05, 4.69) is 49.4 Å². The molecule has 0 bridgehead atoms. The summed E-state index contributed by atoms with van der Waals surface area (Å²) >= 11 is 6.13. The molecule has 0 heterocycles. The van der Waals surface area contributed by atoms with Gasteiger partial charge in [0, 0.05) is 10.9 Å². The highest BCUT2D eigenvalue weighted by molar-refractivity contribution is 6.30. The van der Waals surface area contributed by atoms with Crippen molar-refractivity contribution in [2.75, 3.05) is 0 Å². The molecule has 1 heteroatoms. The van der Waals surface area contributed by atoms with Crippen molar-refractivity contribution >= 4 is 11.6 Å². The van der Waals surface area contributed by atoms with E-state index in [0.717, 1.165) is 10.9 Å². The van der Waals surface area contributed by atoms with Crippen LogP contribution in [0.4, 0.5) is 0 Å². The van der Waals surface area contributed by atoms with Crippen molar-refractivity contribution in [2.45, 2.75) is 25.7 Å². The monoisotopic (exact) mass is 256 g/mol. The zero-order valence-electron chi connectivity index (χ0n) is 10.6. The molecule has 0 aliphatic heterocycles. The van der Waals surface area contributed by atoms with Crippen molar-refractivity contribution in [1.82, 2.24) is 0 Å². The van der Waals surface area contributed by atoms with E-state index >= 15 is 0 Å². The molecular weight excluding hydrogens is 240 g/mol. The van der Waals surface area contributed by atoms with Crippen LogP contribution in [0.15, 0.2) is 48.5 Å². The molecule has 1 aliphatic carbocycles. The Balaban J connectivity index is 2.07. The molecule has 2 aromatic rings. The average molecular weight is 257 g/mol. The number of rotatable bonds is 1. The minimum Gasteiger partial charge on any atom is -0.0843 e. The molecule has 3 rings (SSSR count). The Bertz CT molecular complexity index is 559. The lowest BCUT2D eigenvalue weighted by molar-refractivity contribution is 0.464. The second-order valence-corrected chi connectivity index (χ2v) is 5.79. The second kappa shape index (κ2) is 4.78. The average Bonchev–Trinajstić information content (AvgIpc) is 2.37. The minimum absolute atomic E-state index is 0.503. The summed E-state index contributed by atoms with van der Waals surface area (Å²) in [5.41, 5.74) is 4.33. The molecule has 0 unspecified atom stereocenters. The third kappa shape index (κ3) is 2.18. The summed E-state index contributed by atoms with van der Waals surface area (Å²) < 4.78 is 0. The molecule has 0 N–H and O–H groups in total. The van der Waals surface area contributed by atoms with Crippen LogP contribution in [0.3, 0.4) is 0 Å². The molecule has 0 saturated heterocycles. The van der Waals surface area contributed by atoms with Crippen LogP contribution in [-0.2, 0) is 6.42 Å². The lowest BCUT2D eigenvalue weighted by Crippen LogP contribution is -2.17. The summed E-state index contributed by atoms with van der Waals surface area (Å²) in [4.78, 5) is 0. The van der Waals surface area contributed by atoms with Crippen LogP contribution in [0.1, 0.15) is 36.0 Å². The standard InChI is InChI=1S/C17H17Cl/c1-12-9-13-5-2-3-8-16(13)17(10-12)14-6-4-7-15(18)11-14/h2-8,11-12,17H,9-10H2,1H3/t12-,17+/m0/s1. The summed E-state index contributed by atoms with van der Waals surface area (Å²) in [6.07, 6.45) is 2.42. The van der Waals surface area contributed by atoms with Gasteiger partial charge in [0.25, 0.3) is 0 Å². The molecule has 2 aromatic carbocycles. The fourth-order valence-corrected chi connectivity index (χ4v) is 3.29. The molecular formula is C17H17Cl. The number of halogens is 1. The Hall–Kier alpha value is -1.27. The topological polar surface area (TPSA) is 0 Å². The number of fused-ring (bicyclic) bond motifs is 1. The molecule has 92 valence electrons. The first kappa shape index (κ1) is 11.8. The van der Waals surface area contributed by atoms with Gasteiger partial charge >= 0.3 is 0 Å². The second-order valence-electron chi connectivity index (χ2n) is 5.35. The molecule has 0 fully saturated rings. The van der Waals surface area contributed by atoms with Gasteiger partial charge in [0.05, 0.1) is 0 Å². The smallest absolute Gasteiger partial charge is 0.0408 e. The Morgan fingerprint density at radius 2 is 1.89 bits per heavy atom. The first-order chi connectivity index (χ1) is 8.74. The maximum absolute atomic E-state index is 6.13. The van der Waals surface area contributed by atoms with Crippen LogP contribution < -0.4 is 0 Å². The van der Waals surface area contributed by atoms with Crippen molar-refractivity contribution < 1.29 is 0 Å². The maximum atomic E-state index is 6.13. The summed E-state index contributed by atoms with van der Waals surface area (Å²) in [7, 11) is 0. The first-order valence-electron chi connectivity index (χ1n) is 6.57. The van der Waals surface area contributed by atoms with Crippen LogP contribution >= 0.6 is 11.6 Å². The van der Waals surface area contributed by atoms with Crippen LogP contribution in [0.5, 0.6) is 0 Å². The highest BCUT2D eigenvalue weighted by Crippen LogP contribution is 2.39. The fourth-order valence-electron chi connectivity index (χ4n) is 3.09. The van der Waals surface area contributed by atoms with Gasteiger partial charge in [-0.15, -0.1) is 0 Å². The van der Waals surface area contributed by atoms with Crippen molar-refractivity contribution in [2.24, 2.45) is 5.92 Å². The molecule has 18 heavy (non-hydrogen) atoms. The van der Waals surface area contributed by atoms with E-state index in [1.165, 1.54) is 29.5 Å². The number of hydrogen-bond donors (Lipinski definition) is 0. The molecule has 0 amide bonds. The van der Waals surface area contributed by atoms with E-state index in [1.807, 2.05) is 6.07 Å². The number of hydrogen-bond acceptors (Lipinski definition) is 0. The van der Waals surface area contributed by atoms with Crippen molar-refractivity contribution in [1.29, 1.82) is 0 Å². The fraction of sp³-hybridized carbons (Fsp3) is 0.294. The van der Waals surface area contributed by atoms with Gasteiger partial charge in [0.2, 0.25) is 0 Å². The van der Waals surface area contributed by atoms with Crippen LogP contribution in [0.2, 0.25) is 5.02 Å². The van der Waals surface area contributed by atoms with E-state index in [-0.39, 0.29) is 0 Å². The minimum atomic E-state index is 0.503. The largest absolute Gasteiger partial charge is 0.0843 e. The van der Waals surface area contributed by atoms with E-state index in [4.69, 9.17) is 11.6 Å². The van der Waals surface area contributed by atoms with Gasteiger partial charge in [-0.2, -0.15) is 0 Å². The zero-order valence-corrected chi connectivity index (χ0v) is 11.3. The number of benzene rings is 2. The van der Waals surface area contributed by atoms with Crippen LogP contribution in [0.25, 0.3) is 0 Å². The Kier molecular flexibility index (Phi) is 3.13. The van der Waals surface area contributed by atoms with Gasteiger partial charge in [-0.25, -0.2) is 0 Å². The summed E-state index contributed by atoms with van der Waals surface area (Å²) in [5.74, 6) is 1.24. The summed E-state index contributed by atoms with van der Waals surface area (Å²) in [5, 5.41) is 0.836. The van der Waals surface area contributed by atoms with Gasteiger partial charge < -0.3 is 0 Å². The predicted octanol–water partition coefficient (Wildman–Crippen LogP) is 5.05. The van der Waals surface area contributed by atoms with E-state index in [0.29, 0.717) is 5.92 Å². The SMILES string of the molecule is C[C@H]1Cc2ccccc2[C@@H](c2cccc(Cl)c2)C1. The van der Waals surface area contributed by atoms with Gasteiger partial charge in [0.15, 0.2) is 0 Å². The van der Waals surface area contributed by atoms with Crippen LogP contribution in [-0.4, -0.2) is 0 Å². The summed E-state index contributed by atoms with van der Waals surface area (Å²) in [6, 6.07) is 17.1. The highest BCUT2D eigenvalue weighted by Gasteiger charge is 2.25. The lowest BCUT2D eigenvalue weighted by Gasteiger charge is -2.30. The Morgan fingerprint density at radius 3 is 2.72 bits per heavy atom. The molecule has 2 atom stereocenters. The van der Waals surface area contributed by atoms with E-state index in [1.54, 1.807) is 0 Å². The zero-order chi connectivity index (χ0) is 12.5. The molecule has 0 saturated carbocycles. The van der Waals surface area contributed by atoms with Gasteiger partial charge in [-0.05, 0) is 47.6 Å². The van der Waals surface area contributed by atoms with Gasteiger partial charge in [0.1, 0.15) is 0 Å². The van der Waals surface area contributed by atoms with Crippen molar-refractivity contribution in [3.05, 3.63) is 70.2 Å². The van der Waals surface area contributed by atoms with E-state index in [9.17, 15) is 0 Å². The quantitative estimate of drug-likeness (QED) is 0.669. The summed E-state index contributed by atoms with van der Waals surface area (Å²) in [6.45, 7) is 2.34.